The SMILES string of the molecule is COc1cc2nc(NCCCCNC(=O)OC(C)(C)C)c(Cl)nc2cc1F. The molecular weight excluding hydrogens is 375 g/mol. The lowest BCUT2D eigenvalue weighted by atomic mass is 10.2. The van der Waals surface area contributed by atoms with Gasteiger partial charge in [0.25, 0.3) is 0 Å². The Morgan fingerprint density at radius 1 is 1.19 bits per heavy atom. The molecule has 0 spiro atoms. The van der Waals surface area contributed by atoms with Crippen molar-refractivity contribution in [3.05, 3.63) is 23.1 Å². The first-order valence-corrected chi connectivity index (χ1v) is 8.99. The van der Waals surface area contributed by atoms with Crippen LogP contribution in [0, 0.1) is 5.82 Å². The molecule has 0 saturated carbocycles. The number of ether oxygens (including phenoxy) is 2. The van der Waals surface area contributed by atoms with E-state index >= 15 is 0 Å². The van der Waals surface area contributed by atoms with E-state index in [0.717, 1.165) is 12.8 Å². The van der Waals surface area contributed by atoms with E-state index in [2.05, 4.69) is 20.6 Å². The molecular formula is C18H24ClFN4O3. The molecule has 0 atom stereocenters. The molecule has 0 saturated heterocycles. The van der Waals surface area contributed by atoms with E-state index in [1.54, 1.807) is 0 Å². The molecule has 1 aromatic heterocycles. The maximum atomic E-state index is 13.7. The van der Waals surface area contributed by atoms with Crippen LogP contribution in [0.15, 0.2) is 12.1 Å². The minimum Gasteiger partial charge on any atom is -0.494 e. The number of alkyl carbamates (subject to hydrolysis) is 1. The summed E-state index contributed by atoms with van der Waals surface area (Å²) in [5, 5.41) is 5.96. The fraction of sp³-hybridized carbons (Fsp3) is 0.500. The number of amides is 1. The van der Waals surface area contributed by atoms with Gasteiger partial charge >= 0.3 is 6.09 Å². The monoisotopic (exact) mass is 398 g/mol. The number of carbonyl (C=O) groups excluding carboxylic acids is 1. The minimum atomic E-state index is -0.520. The van der Waals surface area contributed by atoms with Gasteiger partial charge < -0.3 is 20.1 Å². The van der Waals surface area contributed by atoms with Gasteiger partial charge in [0.2, 0.25) is 0 Å². The van der Waals surface area contributed by atoms with Gasteiger partial charge in [-0.05, 0) is 33.6 Å². The molecule has 2 N–H and O–H groups in total. The summed E-state index contributed by atoms with van der Waals surface area (Å²) in [6.07, 6.45) is 1.10. The van der Waals surface area contributed by atoms with Gasteiger partial charge in [0.15, 0.2) is 22.5 Å². The van der Waals surface area contributed by atoms with Crippen LogP contribution in [0.2, 0.25) is 5.15 Å². The Morgan fingerprint density at radius 3 is 2.52 bits per heavy atom. The number of carbonyl (C=O) groups is 1. The Bertz CT molecular complexity index is 811. The van der Waals surface area contributed by atoms with Crippen molar-refractivity contribution in [3.8, 4) is 5.75 Å². The number of nitrogens with one attached hydrogen (secondary N) is 2. The fourth-order valence-corrected chi connectivity index (χ4v) is 2.47. The molecule has 1 aromatic carbocycles. The zero-order valence-corrected chi connectivity index (χ0v) is 16.6. The van der Waals surface area contributed by atoms with Crippen molar-refractivity contribution in [2.75, 3.05) is 25.5 Å². The average Bonchev–Trinajstić information content (AvgIpc) is 2.56. The molecule has 0 radical (unpaired) electrons. The van der Waals surface area contributed by atoms with Crippen molar-refractivity contribution in [1.29, 1.82) is 0 Å². The number of methoxy groups -OCH3 is 1. The van der Waals surface area contributed by atoms with Gasteiger partial charge in [0, 0.05) is 25.2 Å². The van der Waals surface area contributed by atoms with Crippen LogP contribution in [-0.4, -0.2) is 41.9 Å². The molecule has 1 heterocycles. The Morgan fingerprint density at radius 2 is 1.85 bits per heavy atom. The van der Waals surface area contributed by atoms with Gasteiger partial charge in [-0.1, -0.05) is 11.6 Å². The van der Waals surface area contributed by atoms with E-state index in [4.69, 9.17) is 21.1 Å². The van der Waals surface area contributed by atoms with Crippen LogP contribution < -0.4 is 15.4 Å². The van der Waals surface area contributed by atoms with Crippen LogP contribution in [0.3, 0.4) is 0 Å². The quantitative estimate of drug-likeness (QED) is 0.681. The molecule has 0 bridgehead atoms. The predicted octanol–water partition coefficient (Wildman–Crippen LogP) is 4.15. The fourth-order valence-electron chi connectivity index (χ4n) is 2.27. The normalized spacial score (nSPS) is 11.3. The van der Waals surface area contributed by atoms with Crippen molar-refractivity contribution < 1.29 is 18.7 Å². The third kappa shape index (κ3) is 6.39. The first kappa shape index (κ1) is 21.0. The zero-order valence-electron chi connectivity index (χ0n) is 15.9. The highest BCUT2D eigenvalue weighted by molar-refractivity contribution is 6.32. The number of anilines is 1. The topological polar surface area (TPSA) is 85.4 Å². The highest BCUT2D eigenvalue weighted by Crippen LogP contribution is 2.26. The largest absolute Gasteiger partial charge is 0.494 e. The lowest BCUT2D eigenvalue weighted by molar-refractivity contribution is 0.0527. The number of aromatic nitrogens is 2. The second-order valence-electron chi connectivity index (χ2n) is 6.90. The lowest BCUT2D eigenvalue weighted by Gasteiger charge is -2.19. The number of halogens is 2. The average molecular weight is 399 g/mol. The zero-order chi connectivity index (χ0) is 20.0. The van der Waals surface area contributed by atoms with Crippen LogP contribution in [0.1, 0.15) is 33.6 Å². The Kier molecular flexibility index (Phi) is 7.01. The van der Waals surface area contributed by atoms with Crippen LogP contribution in [0.5, 0.6) is 5.75 Å². The van der Waals surface area contributed by atoms with E-state index in [1.807, 2.05) is 20.8 Å². The first-order valence-electron chi connectivity index (χ1n) is 8.61. The summed E-state index contributed by atoms with van der Waals surface area (Å²) in [5.41, 5.74) is 0.320. The van der Waals surface area contributed by atoms with Crippen LogP contribution in [0.25, 0.3) is 11.0 Å². The molecule has 2 rings (SSSR count). The second kappa shape index (κ2) is 9.03. The summed E-state index contributed by atoms with van der Waals surface area (Å²) in [6, 6.07) is 2.71. The molecule has 27 heavy (non-hydrogen) atoms. The van der Waals surface area contributed by atoms with Gasteiger partial charge in [-0.25, -0.2) is 19.2 Å². The number of nitrogens with zero attached hydrogens (tertiary/aromatic N) is 2. The molecule has 0 unspecified atom stereocenters. The summed E-state index contributed by atoms with van der Waals surface area (Å²) in [5.74, 6) is -0.00946. The number of hydrogen-bond donors (Lipinski definition) is 2. The maximum Gasteiger partial charge on any atom is 0.407 e. The molecule has 148 valence electrons. The Labute approximate surface area is 162 Å². The lowest BCUT2D eigenvalue weighted by Crippen LogP contribution is -2.33. The first-order chi connectivity index (χ1) is 12.7. The van der Waals surface area contributed by atoms with E-state index in [-0.39, 0.29) is 10.9 Å². The third-order valence-electron chi connectivity index (χ3n) is 3.46. The summed E-state index contributed by atoms with van der Waals surface area (Å²) < 4.78 is 23.8. The molecule has 9 heteroatoms. The molecule has 2 aromatic rings. The molecule has 1 amide bonds. The smallest absolute Gasteiger partial charge is 0.407 e. The van der Waals surface area contributed by atoms with Gasteiger partial charge in [-0.3, -0.25) is 0 Å². The van der Waals surface area contributed by atoms with E-state index in [0.29, 0.717) is 29.9 Å². The summed E-state index contributed by atoms with van der Waals surface area (Å²) in [4.78, 5) is 20.1. The van der Waals surface area contributed by atoms with Gasteiger partial charge in [-0.15, -0.1) is 0 Å². The van der Waals surface area contributed by atoms with Crippen molar-refractivity contribution in [1.82, 2.24) is 15.3 Å². The number of rotatable bonds is 7. The molecule has 0 aliphatic carbocycles. The van der Waals surface area contributed by atoms with Crippen LogP contribution in [-0.2, 0) is 4.74 Å². The highest BCUT2D eigenvalue weighted by atomic mass is 35.5. The standard InChI is InChI=1S/C18H24ClFN4O3/c1-18(2,3)27-17(25)22-8-6-5-7-21-16-15(19)23-12-9-11(20)14(26-4)10-13(12)24-16/h9-10H,5-8H2,1-4H3,(H,21,24)(H,22,25). The van der Waals surface area contributed by atoms with E-state index < -0.39 is 17.5 Å². The molecule has 7 nitrogen and oxygen atoms in total. The van der Waals surface area contributed by atoms with Crippen molar-refractivity contribution >= 4 is 34.5 Å². The summed E-state index contributed by atoms with van der Waals surface area (Å²) in [7, 11) is 1.39. The van der Waals surface area contributed by atoms with Gasteiger partial charge in [-0.2, -0.15) is 0 Å². The summed E-state index contributed by atoms with van der Waals surface area (Å²) in [6.45, 7) is 6.54. The van der Waals surface area contributed by atoms with Gasteiger partial charge in [0.1, 0.15) is 5.60 Å². The molecule has 0 aliphatic rings. The predicted molar refractivity (Wildman–Crippen MR) is 103 cm³/mol. The Hall–Kier alpha value is -2.35. The number of unbranched alkanes of at least 4 members (excludes halogenated alkanes) is 1. The Balaban J connectivity index is 1.84. The number of benzene rings is 1. The third-order valence-corrected chi connectivity index (χ3v) is 3.72. The molecule has 0 aliphatic heterocycles. The highest BCUT2D eigenvalue weighted by Gasteiger charge is 2.15. The second-order valence-corrected chi connectivity index (χ2v) is 7.26. The van der Waals surface area contributed by atoms with Crippen molar-refractivity contribution in [2.24, 2.45) is 0 Å². The van der Waals surface area contributed by atoms with Crippen molar-refractivity contribution in [3.63, 3.8) is 0 Å². The summed E-state index contributed by atoms with van der Waals surface area (Å²) >= 11 is 6.11. The van der Waals surface area contributed by atoms with Crippen LogP contribution >= 0.6 is 11.6 Å². The van der Waals surface area contributed by atoms with Gasteiger partial charge in [0.05, 0.1) is 18.1 Å². The van der Waals surface area contributed by atoms with E-state index in [9.17, 15) is 9.18 Å². The van der Waals surface area contributed by atoms with Crippen LogP contribution in [0.4, 0.5) is 15.0 Å². The molecule has 0 fully saturated rings. The number of fused-ring (bicyclic) bond motifs is 1. The van der Waals surface area contributed by atoms with Crippen molar-refractivity contribution in [2.45, 2.75) is 39.2 Å². The maximum absolute atomic E-state index is 13.7. The minimum absolute atomic E-state index is 0.0956. The van der Waals surface area contributed by atoms with E-state index in [1.165, 1.54) is 19.2 Å². The number of hydrogen-bond acceptors (Lipinski definition) is 6.